The maximum Gasteiger partial charge on any atom is 0.338 e. The van der Waals surface area contributed by atoms with Crippen LogP contribution in [0.1, 0.15) is 29.3 Å². The van der Waals surface area contributed by atoms with Gasteiger partial charge in [0.15, 0.2) is 17.6 Å². The number of ether oxygens (including phenoxy) is 2. The summed E-state index contributed by atoms with van der Waals surface area (Å²) in [5, 5.41) is 3.28. The number of carbonyl (C=O) groups excluding carboxylic acids is 2. The Kier molecular flexibility index (Phi) is 7.33. The van der Waals surface area contributed by atoms with E-state index in [-0.39, 0.29) is 12.0 Å². The van der Waals surface area contributed by atoms with E-state index in [4.69, 9.17) is 39.9 Å². The third-order valence-electron chi connectivity index (χ3n) is 6.06. The zero-order chi connectivity index (χ0) is 27.5. The van der Waals surface area contributed by atoms with Gasteiger partial charge in [-0.15, -0.1) is 0 Å². The van der Waals surface area contributed by atoms with Gasteiger partial charge < -0.3 is 23.6 Å². The maximum absolute atomic E-state index is 13.1. The number of amides is 1. The number of methoxy groups -OCH3 is 1. The third-order valence-corrected chi connectivity index (χ3v) is 6.47. The Balaban J connectivity index is 1.40. The number of aryl methyl sites for hydroxylation is 1. The number of rotatable bonds is 8. The summed E-state index contributed by atoms with van der Waals surface area (Å²) < 4.78 is 22.0. The second kappa shape index (κ2) is 11.0. The van der Waals surface area contributed by atoms with Gasteiger partial charge in [-0.05, 0) is 67.4 Å². The predicted octanol–water partition coefficient (Wildman–Crippen LogP) is 6.69. The van der Waals surface area contributed by atoms with Gasteiger partial charge in [0.2, 0.25) is 0 Å². The summed E-state index contributed by atoms with van der Waals surface area (Å²) in [5.74, 6) is 0.265. The Hall–Kier alpha value is -4.63. The zero-order valence-corrected chi connectivity index (χ0v) is 22.1. The van der Waals surface area contributed by atoms with Crippen molar-refractivity contribution in [1.82, 2.24) is 9.97 Å². The molecule has 0 saturated carbocycles. The molecule has 0 saturated heterocycles. The lowest BCUT2D eigenvalue weighted by Crippen LogP contribution is -2.32. The average molecular weight is 546 g/mol. The first-order valence-corrected chi connectivity index (χ1v) is 12.5. The van der Waals surface area contributed by atoms with Crippen LogP contribution in [0.4, 0.5) is 5.69 Å². The molecule has 0 bridgehead atoms. The molecule has 0 aliphatic heterocycles. The molecule has 0 spiro atoms. The van der Waals surface area contributed by atoms with E-state index in [1.54, 1.807) is 67.8 Å². The van der Waals surface area contributed by atoms with E-state index in [0.29, 0.717) is 50.4 Å². The number of halogens is 1. The highest BCUT2D eigenvalue weighted by Crippen LogP contribution is 2.33. The van der Waals surface area contributed by atoms with Gasteiger partial charge in [0.25, 0.3) is 5.91 Å². The molecule has 10 heteroatoms. The van der Waals surface area contributed by atoms with Crippen LogP contribution in [0.2, 0.25) is 5.02 Å². The van der Waals surface area contributed by atoms with Crippen LogP contribution < -0.4 is 10.1 Å². The van der Waals surface area contributed by atoms with Crippen LogP contribution in [0.3, 0.4) is 0 Å². The molecular weight excluding hydrogens is 522 g/mol. The van der Waals surface area contributed by atoms with Crippen LogP contribution >= 0.6 is 11.6 Å². The van der Waals surface area contributed by atoms with Crippen molar-refractivity contribution in [3.63, 3.8) is 0 Å². The summed E-state index contributed by atoms with van der Waals surface area (Å²) in [6.45, 7) is 3.56. The predicted molar refractivity (Wildman–Crippen MR) is 146 cm³/mol. The van der Waals surface area contributed by atoms with Gasteiger partial charge in [-0.2, -0.15) is 0 Å². The molecule has 1 atom stereocenters. The van der Waals surface area contributed by atoms with Gasteiger partial charge in [0.05, 0.1) is 41.9 Å². The Bertz CT molecular complexity index is 1650. The Morgan fingerprint density at radius 3 is 2.23 bits per heavy atom. The second-order valence-corrected chi connectivity index (χ2v) is 9.08. The molecule has 198 valence electrons. The number of aromatic nitrogens is 2. The highest BCUT2D eigenvalue weighted by atomic mass is 35.5. The quantitative estimate of drug-likeness (QED) is 0.214. The lowest BCUT2D eigenvalue weighted by Gasteiger charge is -2.18. The first kappa shape index (κ1) is 26.0. The molecule has 2 aromatic carbocycles. The van der Waals surface area contributed by atoms with E-state index < -0.39 is 18.0 Å². The third kappa shape index (κ3) is 5.35. The van der Waals surface area contributed by atoms with Gasteiger partial charge in [0.1, 0.15) is 17.1 Å². The number of esters is 1. The summed E-state index contributed by atoms with van der Waals surface area (Å²) in [6.07, 6.45) is 2.31. The van der Waals surface area contributed by atoms with Crippen molar-refractivity contribution in [2.24, 2.45) is 0 Å². The zero-order valence-electron chi connectivity index (χ0n) is 21.4. The average Bonchev–Trinajstić information content (AvgIpc) is 3.67. The van der Waals surface area contributed by atoms with Crippen molar-refractivity contribution in [2.45, 2.75) is 26.4 Å². The number of benzene rings is 2. The lowest BCUT2D eigenvalue weighted by atomic mass is 10.1. The minimum Gasteiger partial charge on any atom is -0.495 e. The van der Waals surface area contributed by atoms with Crippen LogP contribution in [0.25, 0.3) is 33.9 Å². The minimum atomic E-state index is -1.04. The number of hydrogen-bond donors (Lipinski definition) is 1. The second-order valence-electron chi connectivity index (χ2n) is 8.67. The summed E-state index contributed by atoms with van der Waals surface area (Å²) in [7, 11) is 1.48. The van der Waals surface area contributed by atoms with Crippen LogP contribution in [-0.2, 0) is 9.53 Å². The summed E-state index contributed by atoms with van der Waals surface area (Å²) in [5.41, 5.74) is 3.38. The normalized spacial score (nSPS) is 11.8. The summed E-state index contributed by atoms with van der Waals surface area (Å²) >= 11 is 6.16. The largest absolute Gasteiger partial charge is 0.495 e. The SMILES string of the molecule is CCC(OC(=O)c1ccc2nc(-c3ccco3)c(-c3ccco3)nc2c1)C(=O)Nc1cc(C)c(Cl)cc1OC. The Morgan fingerprint density at radius 2 is 1.64 bits per heavy atom. The molecule has 0 fully saturated rings. The molecule has 3 heterocycles. The van der Waals surface area contributed by atoms with E-state index in [1.807, 2.05) is 6.92 Å². The molecule has 3 aromatic heterocycles. The molecule has 0 aliphatic carbocycles. The van der Waals surface area contributed by atoms with E-state index in [9.17, 15) is 9.59 Å². The van der Waals surface area contributed by atoms with Crippen molar-refractivity contribution in [2.75, 3.05) is 12.4 Å². The van der Waals surface area contributed by atoms with Gasteiger partial charge in [-0.1, -0.05) is 18.5 Å². The lowest BCUT2D eigenvalue weighted by molar-refractivity contribution is -0.124. The van der Waals surface area contributed by atoms with Crippen LogP contribution in [0.15, 0.2) is 76.0 Å². The van der Waals surface area contributed by atoms with Crippen molar-refractivity contribution in [1.29, 1.82) is 0 Å². The highest BCUT2D eigenvalue weighted by Gasteiger charge is 2.24. The van der Waals surface area contributed by atoms with E-state index in [0.717, 1.165) is 5.56 Å². The van der Waals surface area contributed by atoms with Crippen LogP contribution in [0.5, 0.6) is 5.75 Å². The number of nitrogens with one attached hydrogen (secondary N) is 1. The van der Waals surface area contributed by atoms with Crippen molar-refractivity contribution >= 4 is 40.2 Å². The summed E-state index contributed by atoms with van der Waals surface area (Å²) in [6, 6.07) is 15.2. The van der Waals surface area contributed by atoms with Crippen LogP contribution in [-0.4, -0.2) is 35.1 Å². The van der Waals surface area contributed by atoms with E-state index >= 15 is 0 Å². The fourth-order valence-electron chi connectivity index (χ4n) is 4.01. The number of hydrogen-bond acceptors (Lipinski definition) is 8. The van der Waals surface area contributed by atoms with Gasteiger partial charge in [-0.3, -0.25) is 4.79 Å². The smallest absolute Gasteiger partial charge is 0.338 e. The Labute approximate surface area is 228 Å². The molecule has 0 radical (unpaired) electrons. The van der Waals surface area contributed by atoms with Crippen molar-refractivity contribution in [3.05, 3.63) is 83.3 Å². The molecule has 5 rings (SSSR count). The monoisotopic (exact) mass is 545 g/mol. The maximum atomic E-state index is 13.1. The molecule has 1 unspecified atom stereocenters. The molecule has 9 nitrogen and oxygen atoms in total. The fraction of sp³-hybridized carbons (Fsp3) is 0.172. The number of furan rings is 2. The minimum absolute atomic E-state index is 0.221. The molecule has 0 aliphatic rings. The number of fused-ring (bicyclic) bond motifs is 1. The van der Waals surface area contributed by atoms with E-state index in [2.05, 4.69) is 5.32 Å². The summed E-state index contributed by atoms with van der Waals surface area (Å²) in [4.78, 5) is 35.5. The van der Waals surface area contributed by atoms with E-state index in [1.165, 1.54) is 13.4 Å². The Morgan fingerprint density at radius 1 is 0.974 bits per heavy atom. The first-order valence-electron chi connectivity index (χ1n) is 12.1. The molecule has 1 amide bonds. The number of carbonyl (C=O) groups is 2. The fourth-order valence-corrected chi connectivity index (χ4v) is 4.17. The van der Waals surface area contributed by atoms with Gasteiger partial charge >= 0.3 is 5.97 Å². The van der Waals surface area contributed by atoms with Crippen molar-refractivity contribution in [3.8, 4) is 28.7 Å². The molecule has 39 heavy (non-hydrogen) atoms. The van der Waals surface area contributed by atoms with Gasteiger partial charge in [-0.25, -0.2) is 14.8 Å². The van der Waals surface area contributed by atoms with Crippen molar-refractivity contribution < 1.29 is 27.9 Å². The topological polar surface area (TPSA) is 117 Å². The molecule has 1 N–H and O–H groups in total. The van der Waals surface area contributed by atoms with Gasteiger partial charge in [0, 0.05) is 11.1 Å². The van der Waals surface area contributed by atoms with Crippen LogP contribution in [0, 0.1) is 6.92 Å². The molecular formula is C29H24ClN3O6. The highest BCUT2D eigenvalue weighted by molar-refractivity contribution is 6.31. The standard InChI is InChI=1S/C29H24ClN3O6/c1-4-22(28(34)33-21-13-16(2)18(30)15-25(21)36-3)39-29(35)17-9-10-19-20(14-17)32-27(24-8-6-12-38-24)26(31-19)23-7-5-11-37-23/h5-15,22H,4H2,1-3H3,(H,33,34). The molecule has 5 aromatic rings. The number of nitrogens with zero attached hydrogens (tertiary/aromatic N) is 2. The number of anilines is 1. The first-order chi connectivity index (χ1) is 18.9.